The van der Waals surface area contributed by atoms with E-state index in [0.29, 0.717) is 34.6 Å². The Morgan fingerprint density at radius 1 is 1.00 bits per heavy atom. The standard InChI is InChI=1S/C34H39N7O8/c1-20-37-26-11-12-35-28-25-10-13-36-31(38-25)48-23-15-27(30(42)46-6)41(17-23)33(44)47-19-21-8-7-9-22(14-21)34(2,3)49-32(43)39(4)16-24(45-5)18-40(20)29(26)28/h7-14,23-24,27H,15-19H2,1-6H3/t23-,24-,27-/m0/s1. The van der Waals surface area contributed by atoms with Crippen LogP contribution in [0.5, 0.6) is 6.01 Å². The van der Waals surface area contributed by atoms with Crippen molar-refractivity contribution in [1.29, 1.82) is 0 Å². The fourth-order valence-electron chi connectivity index (χ4n) is 6.14. The first-order valence-electron chi connectivity index (χ1n) is 15.9. The van der Waals surface area contributed by atoms with E-state index in [9.17, 15) is 14.4 Å². The Labute approximate surface area is 283 Å². The molecular formula is C34H39N7O8. The molecule has 15 heteroatoms. The number of amides is 2. The van der Waals surface area contributed by atoms with Crippen molar-refractivity contribution in [3.05, 3.63) is 65.7 Å². The highest BCUT2D eigenvalue weighted by atomic mass is 16.6. The number of likely N-dealkylation sites (N-methyl/N-ethyl adjacent to an activating group) is 1. The number of rotatable bonds is 2. The minimum Gasteiger partial charge on any atom is -0.467 e. The van der Waals surface area contributed by atoms with Gasteiger partial charge in [0.25, 0.3) is 0 Å². The van der Waals surface area contributed by atoms with Crippen LogP contribution in [0.15, 0.2) is 48.8 Å². The van der Waals surface area contributed by atoms with Crippen LogP contribution in [0.4, 0.5) is 9.59 Å². The van der Waals surface area contributed by atoms with Gasteiger partial charge in [-0.25, -0.2) is 24.4 Å². The summed E-state index contributed by atoms with van der Waals surface area (Å²) >= 11 is 0. The summed E-state index contributed by atoms with van der Waals surface area (Å²) < 4.78 is 30.6. The molecule has 0 saturated carbocycles. The zero-order valence-corrected chi connectivity index (χ0v) is 28.3. The molecule has 2 aliphatic rings. The molecule has 1 fully saturated rings. The lowest BCUT2D eigenvalue weighted by Crippen LogP contribution is -2.41. The van der Waals surface area contributed by atoms with E-state index in [2.05, 4.69) is 15.0 Å². The molecule has 0 aliphatic carbocycles. The van der Waals surface area contributed by atoms with Gasteiger partial charge in [-0.05, 0) is 50.1 Å². The average Bonchev–Trinajstić information content (AvgIpc) is 3.66. The van der Waals surface area contributed by atoms with Crippen LogP contribution in [0.2, 0.25) is 0 Å². The van der Waals surface area contributed by atoms with E-state index in [-0.39, 0.29) is 32.1 Å². The Morgan fingerprint density at radius 3 is 2.57 bits per heavy atom. The smallest absolute Gasteiger partial charge is 0.410 e. The molecule has 4 aromatic rings. The van der Waals surface area contributed by atoms with Gasteiger partial charge in [0.15, 0.2) is 0 Å². The first kappa shape index (κ1) is 33.6. The maximum Gasteiger partial charge on any atom is 0.410 e. The predicted octanol–water partition coefficient (Wildman–Crippen LogP) is 3.86. The van der Waals surface area contributed by atoms with Crippen LogP contribution in [0.3, 0.4) is 0 Å². The number of cyclic esters (lactones) is 2. The molecule has 2 aliphatic heterocycles. The molecule has 6 bridgehead atoms. The quantitative estimate of drug-likeness (QED) is 0.224. The van der Waals surface area contributed by atoms with Crippen LogP contribution in [-0.2, 0) is 42.5 Å². The second kappa shape index (κ2) is 13.7. The van der Waals surface area contributed by atoms with Crippen LogP contribution in [-0.4, -0.2) is 105 Å². The van der Waals surface area contributed by atoms with Crippen LogP contribution in [0.1, 0.15) is 37.2 Å². The highest BCUT2D eigenvalue weighted by Gasteiger charge is 2.43. The van der Waals surface area contributed by atoms with Gasteiger partial charge in [0, 0.05) is 33.0 Å². The Morgan fingerprint density at radius 2 is 1.80 bits per heavy atom. The van der Waals surface area contributed by atoms with Gasteiger partial charge in [0.2, 0.25) is 0 Å². The van der Waals surface area contributed by atoms with Crippen LogP contribution in [0.25, 0.3) is 22.4 Å². The van der Waals surface area contributed by atoms with Gasteiger partial charge in [0.1, 0.15) is 35.9 Å². The van der Waals surface area contributed by atoms with E-state index >= 15 is 0 Å². The molecule has 15 nitrogen and oxygen atoms in total. The normalized spacial score (nSPS) is 21.5. The minimum atomic E-state index is -1.02. The van der Waals surface area contributed by atoms with E-state index in [1.807, 2.05) is 29.7 Å². The molecule has 0 radical (unpaired) electrons. The van der Waals surface area contributed by atoms with E-state index in [4.69, 9.17) is 28.7 Å². The molecule has 3 aromatic heterocycles. The number of benzene rings is 1. The Kier molecular flexibility index (Phi) is 9.37. The average molecular weight is 674 g/mol. The number of nitrogens with zero attached hydrogens (tertiary/aromatic N) is 7. The summed E-state index contributed by atoms with van der Waals surface area (Å²) in [5.41, 5.74) is 2.79. The van der Waals surface area contributed by atoms with Gasteiger partial charge in [0.05, 0.1) is 49.6 Å². The van der Waals surface area contributed by atoms with Gasteiger partial charge < -0.3 is 33.2 Å². The van der Waals surface area contributed by atoms with Gasteiger partial charge in [-0.3, -0.25) is 9.88 Å². The zero-order chi connectivity index (χ0) is 34.9. The van der Waals surface area contributed by atoms with Crippen molar-refractivity contribution < 1.29 is 38.1 Å². The molecule has 6 rings (SSSR count). The number of pyridine rings is 1. The monoisotopic (exact) mass is 673 g/mol. The lowest BCUT2D eigenvalue weighted by atomic mass is 9.96. The van der Waals surface area contributed by atoms with Crippen LogP contribution >= 0.6 is 0 Å². The summed E-state index contributed by atoms with van der Waals surface area (Å²) in [5.74, 6) is 0.129. The van der Waals surface area contributed by atoms with Crippen molar-refractivity contribution >= 4 is 29.2 Å². The number of imidazole rings is 1. The number of hydrogen-bond donors (Lipinski definition) is 0. The highest BCUT2D eigenvalue weighted by Crippen LogP contribution is 2.30. The number of aromatic nitrogens is 5. The summed E-state index contributed by atoms with van der Waals surface area (Å²) in [6.07, 6.45) is 1.06. The van der Waals surface area contributed by atoms with E-state index < -0.39 is 42.0 Å². The number of carbonyl (C=O) groups excluding carboxylic acids is 3. The van der Waals surface area contributed by atoms with Crippen LogP contribution in [0, 0.1) is 6.92 Å². The van der Waals surface area contributed by atoms with Crippen molar-refractivity contribution in [3.63, 3.8) is 0 Å². The van der Waals surface area contributed by atoms with Gasteiger partial charge in [-0.1, -0.05) is 18.2 Å². The molecule has 3 atom stereocenters. The van der Waals surface area contributed by atoms with Crippen molar-refractivity contribution in [2.45, 2.75) is 64.2 Å². The summed E-state index contributed by atoms with van der Waals surface area (Å²) in [6.45, 7) is 6.01. The first-order chi connectivity index (χ1) is 23.5. The fourth-order valence-corrected chi connectivity index (χ4v) is 6.14. The lowest BCUT2D eigenvalue weighted by molar-refractivity contribution is -0.145. The number of ether oxygens (including phenoxy) is 5. The van der Waals surface area contributed by atoms with Crippen molar-refractivity contribution in [2.24, 2.45) is 0 Å². The van der Waals surface area contributed by atoms with Crippen LogP contribution < -0.4 is 4.74 Å². The molecule has 1 saturated heterocycles. The molecule has 0 spiro atoms. The summed E-state index contributed by atoms with van der Waals surface area (Å²) in [7, 11) is 4.51. The van der Waals surface area contributed by atoms with Gasteiger partial charge in [-0.15, -0.1) is 0 Å². The van der Waals surface area contributed by atoms with Crippen molar-refractivity contribution in [3.8, 4) is 17.4 Å². The zero-order valence-electron chi connectivity index (χ0n) is 28.3. The topological polar surface area (TPSA) is 160 Å². The Balaban J connectivity index is 1.40. The largest absolute Gasteiger partial charge is 0.467 e. The van der Waals surface area contributed by atoms with E-state index in [1.165, 1.54) is 16.9 Å². The van der Waals surface area contributed by atoms with Gasteiger partial charge in [-0.2, -0.15) is 4.98 Å². The fraction of sp³-hybridized carbons (Fsp3) is 0.441. The third-order valence-corrected chi connectivity index (χ3v) is 8.80. The molecule has 2 amide bonds. The lowest BCUT2D eigenvalue weighted by Gasteiger charge is -2.30. The third-order valence-electron chi connectivity index (χ3n) is 8.80. The number of esters is 1. The van der Waals surface area contributed by atoms with Crippen molar-refractivity contribution in [1.82, 2.24) is 34.3 Å². The second-order valence-corrected chi connectivity index (χ2v) is 12.6. The molecule has 1 aromatic carbocycles. The third kappa shape index (κ3) is 6.97. The number of methoxy groups -OCH3 is 2. The SMILES string of the molecule is COC(=O)[C@@H]1C[C@H]2CN1C(=O)OCc1cccc(c1)C(C)(C)OC(=O)N(C)C[C@H](OC)Cn1c(C)nc3ccnc(c31)-c1ccnc(n1)O2. The molecular weight excluding hydrogens is 634 g/mol. The summed E-state index contributed by atoms with van der Waals surface area (Å²) in [4.78, 5) is 60.6. The number of carbonyl (C=O) groups is 3. The summed E-state index contributed by atoms with van der Waals surface area (Å²) in [5, 5.41) is 0. The minimum absolute atomic E-state index is 0.0426. The molecule has 258 valence electrons. The number of aryl methyl sites for hydroxylation is 1. The van der Waals surface area contributed by atoms with Crippen molar-refractivity contribution in [2.75, 3.05) is 34.4 Å². The molecule has 0 unspecified atom stereocenters. The van der Waals surface area contributed by atoms with Gasteiger partial charge >= 0.3 is 24.2 Å². The molecule has 49 heavy (non-hydrogen) atoms. The van der Waals surface area contributed by atoms with E-state index in [1.54, 1.807) is 58.6 Å². The maximum atomic E-state index is 13.4. The highest BCUT2D eigenvalue weighted by molar-refractivity contribution is 5.89. The Hall–Kier alpha value is -5.31. The maximum absolute atomic E-state index is 13.4. The number of fused-ring (bicyclic) bond motifs is 7. The molecule has 0 N–H and O–H groups in total. The van der Waals surface area contributed by atoms with E-state index in [0.717, 1.165) is 11.3 Å². The predicted molar refractivity (Wildman–Crippen MR) is 174 cm³/mol. The molecule has 5 heterocycles. The summed E-state index contributed by atoms with van der Waals surface area (Å²) in [6, 6.07) is 9.89. The number of hydrogen-bond acceptors (Lipinski definition) is 12. The first-order valence-corrected chi connectivity index (χ1v) is 15.9. The Bertz CT molecular complexity index is 1880. The second-order valence-electron chi connectivity index (χ2n) is 12.6.